The quantitative estimate of drug-likeness (QED) is 0.845. The Kier molecular flexibility index (Phi) is 5.05. The second-order valence-electron chi connectivity index (χ2n) is 5.19. The van der Waals surface area contributed by atoms with Gasteiger partial charge in [-0.05, 0) is 23.6 Å². The van der Waals surface area contributed by atoms with E-state index in [1.54, 1.807) is 11.0 Å². The smallest absolute Gasteiger partial charge is 0.241 e. The van der Waals surface area contributed by atoms with Crippen molar-refractivity contribution in [3.63, 3.8) is 0 Å². The molecule has 2 aromatic rings. The standard InChI is InChI=1S/C15H21N5O/c1-3-11(2)14(16)15(21)19-13-6-4-12(5-7-13)8-20-10-17-9-18-20/h4-7,9-11,14H,3,8,16H2,1-2H3,(H,19,21). The topological polar surface area (TPSA) is 85.8 Å². The lowest BCUT2D eigenvalue weighted by molar-refractivity contribution is -0.118. The van der Waals surface area contributed by atoms with Crippen molar-refractivity contribution in [2.75, 3.05) is 5.32 Å². The Morgan fingerprint density at radius 2 is 2.10 bits per heavy atom. The molecule has 1 heterocycles. The van der Waals surface area contributed by atoms with Gasteiger partial charge in [-0.25, -0.2) is 9.67 Å². The van der Waals surface area contributed by atoms with Gasteiger partial charge in [0.25, 0.3) is 0 Å². The third-order valence-corrected chi connectivity index (χ3v) is 3.59. The number of carbonyl (C=O) groups is 1. The summed E-state index contributed by atoms with van der Waals surface area (Å²) in [5.41, 5.74) is 7.75. The van der Waals surface area contributed by atoms with Crippen LogP contribution < -0.4 is 11.1 Å². The van der Waals surface area contributed by atoms with Crippen LogP contribution >= 0.6 is 0 Å². The first-order valence-electron chi connectivity index (χ1n) is 7.08. The molecule has 6 heteroatoms. The number of aromatic nitrogens is 3. The van der Waals surface area contributed by atoms with Crippen LogP contribution in [-0.2, 0) is 11.3 Å². The summed E-state index contributed by atoms with van der Waals surface area (Å²) in [7, 11) is 0. The molecule has 0 aliphatic rings. The Hall–Kier alpha value is -2.21. The Bertz CT molecular complexity index is 564. The maximum atomic E-state index is 12.0. The molecule has 2 rings (SSSR count). The van der Waals surface area contributed by atoms with Crippen LogP contribution in [0.4, 0.5) is 5.69 Å². The Morgan fingerprint density at radius 1 is 1.38 bits per heavy atom. The predicted octanol–water partition coefficient (Wildman–Crippen LogP) is 1.64. The minimum absolute atomic E-state index is 0.145. The van der Waals surface area contributed by atoms with E-state index >= 15 is 0 Å². The number of amides is 1. The van der Waals surface area contributed by atoms with Gasteiger partial charge in [0.15, 0.2) is 0 Å². The van der Waals surface area contributed by atoms with E-state index in [2.05, 4.69) is 15.4 Å². The number of benzene rings is 1. The molecule has 0 saturated carbocycles. The fourth-order valence-corrected chi connectivity index (χ4v) is 1.93. The number of anilines is 1. The first-order valence-corrected chi connectivity index (χ1v) is 7.08. The van der Waals surface area contributed by atoms with E-state index < -0.39 is 6.04 Å². The van der Waals surface area contributed by atoms with Gasteiger partial charge in [0.05, 0.1) is 12.6 Å². The normalized spacial score (nSPS) is 13.7. The molecule has 1 aromatic carbocycles. The minimum atomic E-state index is -0.482. The number of carbonyl (C=O) groups excluding carboxylic acids is 1. The summed E-state index contributed by atoms with van der Waals surface area (Å²) >= 11 is 0. The summed E-state index contributed by atoms with van der Waals surface area (Å²) in [5.74, 6) is 0.0185. The third-order valence-electron chi connectivity index (χ3n) is 3.59. The van der Waals surface area contributed by atoms with Gasteiger partial charge in [-0.3, -0.25) is 4.79 Å². The largest absolute Gasteiger partial charge is 0.325 e. The van der Waals surface area contributed by atoms with Crippen LogP contribution in [0.25, 0.3) is 0 Å². The highest BCUT2D eigenvalue weighted by molar-refractivity contribution is 5.94. The van der Waals surface area contributed by atoms with E-state index in [-0.39, 0.29) is 11.8 Å². The molecular weight excluding hydrogens is 266 g/mol. The van der Waals surface area contributed by atoms with Crippen molar-refractivity contribution < 1.29 is 4.79 Å². The molecule has 6 nitrogen and oxygen atoms in total. The summed E-state index contributed by atoms with van der Waals surface area (Å²) in [4.78, 5) is 15.9. The van der Waals surface area contributed by atoms with Gasteiger partial charge in [0.1, 0.15) is 12.7 Å². The van der Waals surface area contributed by atoms with E-state index in [1.807, 2.05) is 38.1 Å². The van der Waals surface area contributed by atoms with Crippen molar-refractivity contribution in [1.82, 2.24) is 14.8 Å². The molecule has 0 bridgehead atoms. The van der Waals surface area contributed by atoms with Gasteiger partial charge >= 0.3 is 0 Å². The Balaban J connectivity index is 1.94. The van der Waals surface area contributed by atoms with Gasteiger partial charge in [0.2, 0.25) is 5.91 Å². The summed E-state index contributed by atoms with van der Waals surface area (Å²) in [6.45, 7) is 4.66. The van der Waals surface area contributed by atoms with E-state index in [0.29, 0.717) is 6.54 Å². The first kappa shape index (κ1) is 15.2. The molecule has 2 unspecified atom stereocenters. The lowest BCUT2D eigenvalue weighted by Gasteiger charge is -2.17. The van der Waals surface area contributed by atoms with Crippen LogP contribution in [0.1, 0.15) is 25.8 Å². The van der Waals surface area contributed by atoms with E-state index in [4.69, 9.17) is 5.73 Å². The summed E-state index contributed by atoms with van der Waals surface area (Å²) < 4.78 is 1.74. The number of nitrogens with two attached hydrogens (primary N) is 1. The van der Waals surface area contributed by atoms with Crippen molar-refractivity contribution in [2.24, 2.45) is 11.7 Å². The fourth-order valence-electron chi connectivity index (χ4n) is 1.93. The Labute approximate surface area is 124 Å². The molecule has 1 amide bonds. The number of nitrogens with one attached hydrogen (secondary N) is 1. The number of hydrogen-bond donors (Lipinski definition) is 2. The van der Waals surface area contributed by atoms with Gasteiger partial charge in [-0.1, -0.05) is 32.4 Å². The van der Waals surface area contributed by atoms with Gasteiger partial charge < -0.3 is 11.1 Å². The molecule has 0 saturated heterocycles. The van der Waals surface area contributed by atoms with E-state index in [9.17, 15) is 4.79 Å². The summed E-state index contributed by atoms with van der Waals surface area (Å²) in [5, 5.41) is 6.90. The molecule has 0 radical (unpaired) electrons. The molecular formula is C15H21N5O. The highest BCUT2D eigenvalue weighted by atomic mass is 16.2. The highest BCUT2D eigenvalue weighted by Crippen LogP contribution is 2.13. The average Bonchev–Trinajstić information content (AvgIpc) is 3.00. The van der Waals surface area contributed by atoms with Crippen LogP contribution in [0.2, 0.25) is 0 Å². The van der Waals surface area contributed by atoms with Crippen LogP contribution in [0.5, 0.6) is 0 Å². The SMILES string of the molecule is CCC(C)C(N)C(=O)Nc1ccc(Cn2cncn2)cc1. The lowest BCUT2D eigenvalue weighted by Crippen LogP contribution is -2.40. The molecule has 0 spiro atoms. The maximum Gasteiger partial charge on any atom is 0.241 e. The second kappa shape index (κ2) is 6.99. The predicted molar refractivity (Wildman–Crippen MR) is 81.6 cm³/mol. The monoisotopic (exact) mass is 287 g/mol. The van der Waals surface area contributed by atoms with Crippen LogP contribution in [0, 0.1) is 5.92 Å². The van der Waals surface area contributed by atoms with Crippen molar-refractivity contribution >= 4 is 11.6 Å². The Morgan fingerprint density at radius 3 is 2.67 bits per heavy atom. The number of nitrogens with zero attached hydrogens (tertiary/aromatic N) is 3. The maximum absolute atomic E-state index is 12.0. The summed E-state index contributed by atoms with van der Waals surface area (Å²) in [6.07, 6.45) is 4.05. The van der Waals surface area contributed by atoms with Crippen molar-refractivity contribution in [2.45, 2.75) is 32.9 Å². The van der Waals surface area contributed by atoms with Crippen LogP contribution in [-0.4, -0.2) is 26.7 Å². The summed E-state index contributed by atoms with van der Waals surface area (Å²) in [6, 6.07) is 7.16. The zero-order valence-corrected chi connectivity index (χ0v) is 12.4. The molecule has 0 aliphatic carbocycles. The molecule has 3 N–H and O–H groups in total. The van der Waals surface area contributed by atoms with Gasteiger partial charge in [-0.15, -0.1) is 0 Å². The van der Waals surface area contributed by atoms with Gasteiger partial charge in [-0.2, -0.15) is 5.10 Å². The molecule has 0 fully saturated rings. The molecule has 0 aliphatic heterocycles. The highest BCUT2D eigenvalue weighted by Gasteiger charge is 2.19. The minimum Gasteiger partial charge on any atom is -0.325 e. The van der Waals surface area contributed by atoms with Gasteiger partial charge in [0, 0.05) is 5.69 Å². The van der Waals surface area contributed by atoms with Crippen LogP contribution in [0.3, 0.4) is 0 Å². The van der Waals surface area contributed by atoms with E-state index in [1.165, 1.54) is 6.33 Å². The zero-order valence-electron chi connectivity index (χ0n) is 12.4. The van der Waals surface area contributed by atoms with E-state index in [0.717, 1.165) is 17.7 Å². The third kappa shape index (κ3) is 4.13. The lowest BCUT2D eigenvalue weighted by atomic mass is 9.99. The zero-order chi connectivity index (χ0) is 15.2. The number of hydrogen-bond acceptors (Lipinski definition) is 4. The molecule has 2 atom stereocenters. The molecule has 1 aromatic heterocycles. The first-order chi connectivity index (χ1) is 10.1. The van der Waals surface area contributed by atoms with Crippen molar-refractivity contribution in [3.05, 3.63) is 42.5 Å². The van der Waals surface area contributed by atoms with Crippen molar-refractivity contribution in [3.8, 4) is 0 Å². The molecule has 21 heavy (non-hydrogen) atoms. The fraction of sp³-hybridized carbons (Fsp3) is 0.400. The second-order valence-corrected chi connectivity index (χ2v) is 5.19. The number of rotatable bonds is 6. The average molecular weight is 287 g/mol. The van der Waals surface area contributed by atoms with Crippen LogP contribution in [0.15, 0.2) is 36.9 Å². The van der Waals surface area contributed by atoms with Crippen molar-refractivity contribution in [1.29, 1.82) is 0 Å². The molecule has 112 valence electrons.